The Balaban J connectivity index is 2.00. The number of aromatic nitrogens is 2. The summed E-state index contributed by atoms with van der Waals surface area (Å²) < 4.78 is 13.7. The molecular formula is C16H19N3O2. The Morgan fingerprint density at radius 2 is 2.00 bits per heavy atom. The van der Waals surface area contributed by atoms with Gasteiger partial charge in [0.2, 0.25) is 0 Å². The van der Waals surface area contributed by atoms with Gasteiger partial charge in [-0.15, -0.1) is 0 Å². The van der Waals surface area contributed by atoms with Crippen molar-refractivity contribution in [3.05, 3.63) is 23.4 Å². The molecule has 2 aromatic rings. The quantitative estimate of drug-likeness (QED) is 0.873. The van der Waals surface area contributed by atoms with E-state index in [1.165, 1.54) is 11.1 Å². The van der Waals surface area contributed by atoms with Crippen LogP contribution in [0.2, 0.25) is 0 Å². The van der Waals surface area contributed by atoms with Crippen LogP contribution in [0.4, 0.5) is 5.82 Å². The molecule has 0 amide bonds. The number of aryl methyl sites for hydroxylation is 1. The molecule has 110 valence electrons. The Bertz CT molecular complexity index is 699. The first-order valence-electron chi connectivity index (χ1n) is 7.34. The highest BCUT2D eigenvalue weighted by atomic mass is 16.5. The van der Waals surface area contributed by atoms with E-state index >= 15 is 0 Å². The molecular weight excluding hydrogens is 266 g/mol. The van der Waals surface area contributed by atoms with E-state index in [0.717, 1.165) is 35.5 Å². The summed E-state index contributed by atoms with van der Waals surface area (Å²) in [6, 6.07) is 2.13. The molecule has 5 heteroatoms. The van der Waals surface area contributed by atoms with E-state index in [2.05, 4.69) is 25.0 Å². The van der Waals surface area contributed by atoms with Crippen molar-refractivity contribution in [2.24, 2.45) is 7.05 Å². The second-order valence-corrected chi connectivity index (χ2v) is 6.05. The van der Waals surface area contributed by atoms with Crippen molar-refractivity contribution in [1.29, 1.82) is 0 Å². The van der Waals surface area contributed by atoms with Crippen LogP contribution in [0.25, 0.3) is 11.1 Å². The van der Waals surface area contributed by atoms with Gasteiger partial charge < -0.3 is 15.2 Å². The summed E-state index contributed by atoms with van der Waals surface area (Å²) in [7, 11) is 1.85. The number of fused-ring (bicyclic) bond motifs is 2. The fraction of sp³-hybridized carbons (Fsp3) is 0.438. The number of benzene rings is 1. The van der Waals surface area contributed by atoms with Crippen molar-refractivity contribution in [3.8, 4) is 22.6 Å². The fourth-order valence-corrected chi connectivity index (χ4v) is 3.35. The van der Waals surface area contributed by atoms with Crippen LogP contribution in [0.5, 0.6) is 11.5 Å². The summed E-state index contributed by atoms with van der Waals surface area (Å²) in [5, 5.41) is 4.28. The van der Waals surface area contributed by atoms with Crippen LogP contribution < -0.4 is 15.2 Å². The maximum atomic E-state index is 6.20. The molecule has 2 unspecified atom stereocenters. The molecule has 1 aromatic carbocycles. The summed E-state index contributed by atoms with van der Waals surface area (Å²) in [4.78, 5) is 0. The van der Waals surface area contributed by atoms with Gasteiger partial charge in [-0.1, -0.05) is 0 Å². The largest absolute Gasteiger partial charge is 0.490 e. The second kappa shape index (κ2) is 4.16. The predicted octanol–water partition coefficient (Wildman–Crippen LogP) is 2.32. The van der Waals surface area contributed by atoms with Gasteiger partial charge in [-0.05, 0) is 19.9 Å². The number of nitrogens with zero attached hydrogens (tertiary/aromatic N) is 2. The number of nitrogen functional groups attached to an aromatic ring is 1. The maximum Gasteiger partial charge on any atom is 0.131 e. The molecule has 2 N–H and O–H groups in total. The average Bonchev–Trinajstić information content (AvgIpc) is 3.06. The number of hydrogen-bond donors (Lipinski definition) is 1. The summed E-state index contributed by atoms with van der Waals surface area (Å²) in [6.45, 7) is 4.18. The summed E-state index contributed by atoms with van der Waals surface area (Å²) in [5.41, 5.74) is 10.6. The van der Waals surface area contributed by atoms with Crippen LogP contribution in [0.3, 0.4) is 0 Å². The monoisotopic (exact) mass is 285 g/mol. The summed E-state index contributed by atoms with van der Waals surface area (Å²) in [6.07, 6.45) is 3.99. The van der Waals surface area contributed by atoms with Crippen LogP contribution >= 0.6 is 0 Å². The number of hydrogen-bond acceptors (Lipinski definition) is 4. The molecule has 0 bridgehead atoms. The third-order valence-corrected chi connectivity index (χ3v) is 4.32. The van der Waals surface area contributed by atoms with Gasteiger partial charge in [0.05, 0.1) is 6.20 Å². The normalized spacial score (nSPS) is 22.6. The molecule has 0 saturated heterocycles. The topological polar surface area (TPSA) is 62.3 Å². The molecule has 2 aliphatic rings. The van der Waals surface area contributed by atoms with Crippen molar-refractivity contribution < 1.29 is 9.47 Å². The zero-order chi connectivity index (χ0) is 14.7. The zero-order valence-corrected chi connectivity index (χ0v) is 12.5. The minimum absolute atomic E-state index is 0.191. The molecule has 2 atom stereocenters. The van der Waals surface area contributed by atoms with Gasteiger partial charge in [0.25, 0.3) is 0 Å². The van der Waals surface area contributed by atoms with E-state index in [9.17, 15) is 0 Å². The molecule has 21 heavy (non-hydrogen) atoms. The molecule has 0 saturated carbocycles. The molecule has 5 nitrogen and oxygen atoms in total. The molecule has 0 aliphatic carbocycles. The van der Waals surface area contributed by atoms with Gasteiger partial charge in [-0.2, -0.15) is 5.10 Å². The van der Waals surface area contributed by atoms with Crippen LogP contribution in [0.1, 0.15) is 25.0 Å². The van der Waals surface area contributed by atoms with Crippen molar-refractivity contribution in [2.75, 3.05) is 5.73 Å². The van der Waals surface area contributed by atoms with Crippen molar-refractivity contribution in [2.45, 2.75) is 38.9 Å². The third-order valence-electron chi connectivity index (χ3n) is 4.32. The first-order valence-corrected chi connectivity index (χ1v) is 7.34. The molecule has 1 aromatic heterocycles. The minimum Gasteiger partial charge on any atom is -0.490 e. The molecule has 3 heterocycles. The standard InChI is InChI=1S/C16H19N3O2/c1-8-4-10-6-13-11(5-9(2)20-13)14(15(10)21-8)12-7-18-19(3)16(12)17/h6-9H,4-5,17H2,1-3H3. The second-order valence-electron chi connectivity index (χ2n) is 6.05. The van der Waals surface area contributed by atoms with E-state index in [4.69, 9.17) is 15.2 Å². The lowest BCUT2D eigenvalue weighted by molar-refractivity contribution is 0.254. The SMILES string of the molecule is CC1Cc2c(cc3c(c2-c2cnn(C)c2N)OC(C)C3)O1. The Kier molecular flexibility index (Phi) is 2.49. The first kappa shape index (κ1) is 12.6. The van der Waals surface area contributed by atoms with Gasteiger partial charge in [0, 0.05) is 42.1 Å². The predicted molar refractivity (Wildman–Crippen MR) is 80.6 cm³/mol. The highest BCUT2D eigenvalue weighted by Gasteiger charge is 2.33. The molecule has 2 aliphatic heterocycles. The van der Waals surface area contributed by atoms with Crippen LogP contribution in [-0.2, 0) is 19.9 Å². The number of anilines is 1. The van der Waals surface area contributed by atoms with E-state index in [-0.39, 0.29) is 12.2 Å². The van der Waals surface area contributed by atoms with Gasteiger partial charge in [0.1, 0.15) is 29.5 Å². The van der Waals surface area contributed by atoms with Crippen molar-refractivity contribution >= 4 is 5.82 Å². The maximum absolute atomic E-state index is 6.20. The highest BCUT2D eigenvalue weighted by molar-refractivity contribution is 5.85. The Morgan fingerprint density at radius 1 is 1.24 bits per heavy atom. The van der Waals surface area contributed by atoms with Gasteiger partial charge in [0.15, 0.2) is 0 Å². The lowest BCUT2D eigenvalue weighted by Crippen LogP contribution is -2.07. The number of nitrogens with two attached hydrogens (primary N) is 1. The van der Waals surface area contributed by atoms with Gasteiger partial charge >= 0.3 is 0 Å². The summed E-state index contributed by atoms with van der Waals surface area (Å²) >= 11 is 0. The lowest BCUT2D eigenvalue weighted by Gasteiger charge is -2.13. The highest BCUT2D eigenvalue weighted by Crippen LogP contribution is 2.49. The Morgan fingerprint density at radius 3 is 2.71 bits per heavy atom. The molecule has 0 spiro atoms. The van der Waals surface area contributed by atoms with Crippen molar-refractivity contribution in [1.82, 2.24) is 9.78 Å². The van der Waals surface area contributed by atoms with Gasteiger partial charge in [-0.25, -0.2) is 0 Å². The van der Waals surface area contributed by atoms with E-state index in [1.807, 2.05) is 13.2 Å². The smallest absolute Gasteiger partial charge is 0.131 e. The fourth-order valence-electron chi connectivity index (χ4n) is 3.35. The van der Waals surface area contributed by atoms with Gasteiger partial charge in [-0.3, -0.25) is 4.68 Å². The Labute approximate surface area is 123 Å². The Hall–Kier alpha value is -2.17. The van der Waals surface area contributed by atoms with Crippen LogP contribution in [0.15, 0.2) is 12.3 Å². The minimum atomic E-state index is 0.191. The summed E-state index contributed by atoms with van der Waals surface area (Å²) in [5.74, 6) is 2.59. The average molecular weight is 285 g/mol. The number of rotatable bonds is 1. The third kappa shape index (κ3) is 1.73. The molecule has 4 rings (SSSR count). The molecule has 0 radical (unpaired) electrons. The van der Waals surface area contributed by atoms with E-state index in [1.54, 1.807) is 4.68 Å². The van der Waals surface area contributed by atoms with E-state index < -0.39 is 0 Å². The zero-order valence-electron chi connectivity index (χ0n) is 12.5. The van der Waals surface area contributed by atoms with Crippen LogP contribution in [0, 0.1) is 0 Å². The first-order chi connectivity index (χ1) is 10.0. The molecule has 0 fully saturated rings. The van der Waals surface area contributed by atoms with E-state index in [0.29, 0.717) is 5.82 Å². The van der Waals surface area contributed by atoms with Crippen molar-refractivity contribution in [3.63, 3.8) is 0 Å². The number of ether oxygens (including phenoxy) is 2. The van der Waals surface area contributed by atoms with Crippen LogP contribution in [-0.4, -0.2) is 22.0 Å². The lowest BCUT2D eigenvalue weighted by atomic mass is 9.94.